The standard InChI is InChI=1S/C21H27ClN3O9PS/c1-4-31-18(28)12(2)24-35(30,34-14-7-5-13(22)6-8-14)32-11-15-17(27)21(3,29)19(33-15)25-10-9-16(26)23-20(25)36/h5-10,12,15,17,19,27,29H,4,11H2,1-3H3,(H,24,30)(H,23,26,36)/t12-,15+,17?,19+,21+,35?/m0/s1. The Morgan fingerprint density at radius 2 is 2.06 bits per heavy atom. The highest BCUT2D eigenvalue weighted by Gasteiger charge is 2.53. The van der Waals surface area contributed by atoms with Gasteiger partial charge in [-0.05, 0) is 57.3 Å². The molecule has 2 unspecified atom stereocenters. The second-order valence-corrected chi connectivity index (χ2v) is 10.7. The van der Waals surface area contributed by atoms with Gasteiger partial charge in [0.1, 0.15) is 29.6 Å². The molecule has 0 bridgehead atoms. The van der Waals surface area contributed by atoms with Gasteiger partial charge in [0.25, 0.3) is 5.56 Å². The molecule has 1 aromatic carbocycles. The summed E-state index contributed by atoms with van der Waals surface area (Å²) < 4.78 is 36.6. The zero-order valence-electron chi connectivity index (χ0n) is 19.6. The summed E-state index contributed by atoms with van der Waals surface area (Å²) in [5.41, 5.74) is -2.31. The first-order valence-corrected chi connectivity index (χ1v) is 13.2. The van der Waals surface area contributed by atoms with E-state index in [9.17, 15) is 24.4 Å². The topological polar surface area (TPSA) is 161 Å². The van der Waals surface area contributed by atoms with Gasteiger partial charge in [-0.25, -0.2) is 4.57 Å². The maximum Gasteiger partial charge on any atom is 0.459 e. The molecule has 3 rings (SSSR count). The molecule has 0 radical (unpaired) electrons. The number of H-pyrrole nitrogens is 1. The maximum absolute atomic E-state index is 13.6. The van der Waals surface area contributed by atoms with Gasteiger partial charge in [0.15, 0.2) is 11.0 Å². The van der Waals surface area contributed by atoms with Crippen molar-refractivity contribution in [2.75, 3.05) is 13.2 Å². The first kappa shape index (κ1) is 28.5. The highest BCUT2D eigenvalue weighted by molar-refractivity contribution is 7.71. The third-order valence-corrected chi connectivity index (χ3v) is 7.51. The Labute approximate surface area is 216 Å². The van der Waals surface area contributed by atoms with Crippen molar-refractivity contribution < 1.29 is 38.1 Å². The lowest BCUT2D eigenvalue weighted by molar-refractivity contribution is -0.144. The van der Waals surface area contributed by atoms with Gasteiger partial charge in [-0.3, -0.25) is 23.7 Å². The van der Waals surface area contributed by atoms with Crippen molar-refractivity contribution >= 4 is 37.5 Å². The number of esters is 1. The van der Waals surface area contributed by atoms with E-state index in [4.69, 9.17) is 42.3 Å². The molecular weight excluding hydrogens is 537 g/mol. The van der Waals surface area contributed by atoms with Crippen LogP contribution in [0.15, 0.2) is 41.3 Å². The van der Waals surface area contributed by atoms with Crippen molar-refractivity contribution in [2.45, 2.75) is 50.8 Å². The second-order valence-electron chi connectivity index (χ2n) is 8.16. The van der Waals surface area contributed by atoms with Crippen molar-refractivity contribution in [1.29, 1.82) is 0 Å². The Balaban J connectivity index is 1.81. The van der Waals surface area contributed by atoms with Crippen molar-refractivity contribution in [3.8, 4) is 5.75 Å². The predicted molar refractivity (Wildman–Crippen MR) is 131 cm³/mol. The lowest BCUT2D eigenvalue weighted by Gasteiger charge is -2.28. The number of halogens is 1. The molecule has 12 nitrogen and oxygen atoms in total. The van der Waals surface area contributed by atoms with Crippen LogP contribution in [0.4, 0.5) is 0 Å². The van der Waals surface area contributed by atoms with Crippen molar-refractivity contribution in [2.24, 2.45) is 0 Å². The molecule has 0 spiro atoms. The number of nitrogens with one attached hydrogen (secondary N) is 2. The van der Waals surface area contributed by atoms with E-state index in [-0.39, 0.29) is 17.1 Å². The molecular formula is C21H27ClN3O9PS. The molecule has 1 aliphatic rings. The van der Waals surface area contributed by atoms with Crippen LogP contribution in [0.2, 0.25) is 5.02 Å². The molecule has 1 aliphatic heterocycles. The van der Waals surface area contributed by atoms with Gasteiger partial charge in [0.05, 0.1) is 13.2 Å². The number of aromatic amines is 1. The molecule has 2 aromatic rings. The van der Waals surface area contributed by atoms with E-state index in [2.05, 4.69) is 10.1 Å². The number of aliphatic hydroxyl groups is 2. The van der Waals surface area contributed by atoms with E-state index >= 15 is 0 Å². The van der Waals surface area contributed by atoms with Crippen LogP contribution in [0.1, 0.15) is 27.0 Å². The molecule has 1 saturated heterocycles. The average molecular weight is 564 g/mol. The number of hydrogen-bond donors (Lipinski definition) is 4. The number of carbonyl (C=O) groups excluding carboxylic acids is 1. The highest BCUT2D eigenvalue weighted by atomic mass is 35.5. The summed E-state index contributed by atoms with van der Waals surface area (Å²) in [5, 5.41) is 24.6. The van der Waals surface area contributed by atoms with E-state index in [1.807, 2.05) is 0 Å². The molecule has 2 heterocycles. The van der Waals surface area contributed by atoms with E-state index in [0.717, 1.165) is 0 Å². The van der Waals surface area contributed by atoms with Gasteiger partial charge in [-0.2, -0.15) is 5.09 Å². The summed E-state index contributed by atoms with van der Waals surface area (Å²) in [5.74, 6) is -0.558. The van der Waals surface area contributed by atoms with Gasteiger partial charge in [-0.15, -0.1) is 0 Å². The Bertz CT molecular complexity index is 1240. The summed E-state index contributed by atoms with van der Waals surface area (Å²) >= 11 is 11.0. The molecule has 1 fully saturated rings. The van der Waals surface area contributed by atoms with Crippen molar-refractivity contribution in [3.05, 3.63) is 56.7 Å². The predicted octanol–water partition coefficient (Wildman–Crippen LogP) is 2.31. The van der Waals surface area contributed by atoms with Gasteiger partial charge < -0.3 is 24.2 Å². The SMILES string of the molecule is CCOC(=O)[C@H](C)NP(=O)(OC[C@H]1O[C@@H](n2ccc(=O)[nH]c2=S)[C@](C)(O)C1O)Oc1ccc(Cl)cc1. The number of hydrogen-bond acceptors (Lipinski definition) is 10. The molecule has 6 atom stereocenters. The highest BCUT2D eigenvalue weighted by Crippen LogP contribution is 2.47. The van der Waals surface area contributed by atoms with Crippen LogP contribution in [0.3, 0.4) is 0 Å². The normalized spacial score (nSPS) is 26.2. The van der Waals surface area contributed by atoms with Crippen LogP contribution >= 0.6 is 31.6 Å². The summed E-state index contributed by atoms with van der Waals surface area (Å²) in [7, 11) is -4.26. The van der Waals surface area contributed by atoms with Crippen molar-refractivity contribution in [1.82, 2.24) is 14.6 Å². The lowest BCUT2D eigenvalue weighted by atomic mass is 9.96. The van der Waals surface area contributed by atoms with E-state index in [1.165, 1.54) is 54.9 Å². The fourth-order valence-corrected chi connectivity index (χ4v) is 5.33. The number of carbonyl (C=O) groups is 1. The molecule has 15 heteroatoms. The minimum Gasteiger partial charge on any atom is -0.465 e. The van der Waals surface area contributed by atoms with E-state index in [1.54, 1.807) is 6.92 Å². The third kappa shape index (κ3) is 6.61. The quantitative estimate of drug-likeness (QED) is 0.191. The number of rotatable bonds is 10. The Kier molecular flexibility index (Phi) is 9.12. The molecule has 36 heavy (non-hydrogen) atoms. The monoisotopic (exact) mass is 563 g/mol. The minimum atomic E-state index is -4.26. The number of ether oxygens (including phenoxy) is 2. The molecule has 4 N–H and O–H groups in total. The van der Waals surface area contributed by atoms with Crippen LogP contribution in [0.25, 0.3) is 0 Å². The lowest BCUT2D eigenvalue weighted by Crippen LogP contribution is -2.45. The van der Waals surface area contributed by atoms with Gasteiger partial charge in [0.2, 0.25) is 0 Å². The fraction of sp³-hybridized carbons (Fsp3) is 0.476. The average Bonchev–Trinajstić information content (AvgIpc) is 3.03. The molecule has 1 aromatic heterocycles. The molecule has 0 amide bonds. The number of nitrogens with zero attached hydrogens (tertiary/aromatic N) is 1. The Morgan fingerprint density at radius 3 is 2.67 bits per heavy atom. The Morgan fingerprint density at radius 1 is 1.39 bits per heavy atom. The van der Waals surface area contributed by atoms with Gasteiger partial charge in [-0.1, -0.05) is 11.6 Å². The molecule has 0 saturated carbocycles. The minimum absolute atomic E-state index is 0.0387. The van der Waals surface area contributed by atoms with Crippen molar-refractivity contribution in [3.63, 3.8) is 0 Å². The smallest absolute Gasteiger partial charge is 0.459 e. The third-order valence-electron chi connectivity index (χ3n) is 5.30. The summed E-state index contributed by atoms with van der Waals surface area (Å²) in [6.07, 6.45) is -2.59. The van der Waals surface area contributed by atoms with Crippen LogP contribution in [0.5, 0.6) is 5.75 Å². The summed E-state index contributed by atoms with van der Waals surface area (Å²) in [6, 6.07) is 6.03. The van der Waals surface area contributed by atoms with Crippen LogP contribution < -0.4 is 15.2 Å². The molecule has 0 aliphatic carbocycles. The number of benzene rings is 1. The number of aliphatic hydroxyl groups excluding tert-OH is 1. The van der Waals surface area contributed by atoms with E-state index in [0.29, 0.717) is 5.02 Å². The van der Waals surface area contributed by atoms with Gasteiger partial charge >= 0.3 is 13.7 Å². The van der Waals surface area contributed by atoms with E-state index < -0.39 is 56.0 Å². The first-order valence-electron chi connectivity index (χ1n) is 10.9. The van der Waals surface area contributed by atoms with Crippen LogP contribution in [-0.2, 0) is 23.4 Å². The second kappa shape index (κ2) is 11.5. The Hall–Kier alpha value is -2.09. The fourth-order valence-electron chi connectivity index (χ4n) is 3.44. The summed E-state index contributed by atoms with van der Waals surface area (Å²) in [4.78, 5) is 26.0. The largest absolute Gasteiger partial charge is 0.465 e. The van der Waals surface area contributed by atoms with Gasteiger partial charge in [0, 0.05) is 17.3 Å². The zero-order chi connectivity index (χ0) is 26.7. The number of aromatic nitrogens is 2. The maximum atomic E-state index is 13.6. The van der Waals surface area contributed by atoms with Crippen LogP contribution in [-0.4, -0.2) is 62.8 Å². The first-order chi connectivity index (χ1) is 16.9. The molecule has 198 valence electrons. The zero-order valence-corrected chi connectivity index (χ0v) is 22.1. The summed E-state index contributed by atoms with van der Waals surface area (Å²) in [6.45, 7) is 3.96. The van der Waals surface area contributed by atoms with Crippen LogP contribution in [0, 0.1) is 4.77 Å².